The van der Waals surface area contributed by atoms with Gasteiger partial charge in [0.25, 0.3) is 0 Å². The Kier molecular flexibility index (Phi) is 4.35. The molecule has 1 unspecified atom stereocenters. The van der Waals surface area contributed by atoms with Crippen molar-refractivity contribution in [3.8, 4) is 0 Å². The van der Waals surface area contributed by atoms with Gasteiger partial charge in [0.05, 0.1) is 5.71 Å². The van der Waals surface area contributed by atoms with E-state index in [9.17, 15) is 4.39 Å². The van der Waals surface area contributed by atoms with E-state index < -0.39 is 0 Å². The maximum atomic E-state index is 13.8. The summed E-state index contributed by atoms with van der Waals surface area (Å²) in [4.78, 5) is 2.49. The molecule has 1 aromatic rings. The molecule has 1 aliphatic heterocycles. The molecule has 0 amide bonds. The minimum absolute atomic E-state index is 0.213. The van der Waals surface area contributed by atoms with Gasteiger partial charge in [-0.1, -0.05) is 19.6 Å². The van der Waals surface area contributed by atoms with Gasteiger partial charge in [-0.05, 0) is 60.7 Å². The van der Waals surface area contributed by atoms with Gasteiger partial charge in [0.1, 0.15) is 5.82 Å². The first-order valence-electron chi connectivity index (χ1n) is 8.24. The van der Waals surface area contributed by atoms with Crippen LogP contribution in [0.1, 0.15) is 36.5 Å². The normalized spacial score (nSPS) is 22.3. The molecule has 0 aromatic heterocycles. The summed E-state index contributed by atoms with van der Waals surface area (Å²) < 4.78 is 13.8. The fourth-order valence-electron chi connectivity index (χ4n) is 3.66. The zero-order valence-electron chi connectivity index (χ0n) is 14.1. The number of halogens is 1. The Hall–Kier alpha value is -1.94. The summed E-state index contributed by atoms with van der Waals surface area (Å²) in [7, 11) is 1.82. The fraction of sp³-hybridized carbons (Fsp3) is 0.421. The van der Waals surface area contributed by atoms with Crippen LogP contribution in [0.5, 0.6) is 0 Å². The van der Waals surface area contributed by atoms with Crippen LogP contribution in [0.25, 0.3) is 11.6 Å². The second kappa shape index (κ2) is 6.28. The quantitative estimate of drug-likeness (QED) is 0.841. The van der Waals surface area contributed by atoms with Crippen LogP contribution < -0.4 is 5.43 Å². The lowest BCUT2D eigenvalue weighted by Gasteiger charge is -2.28. The number of rotatable bonds is 5. The highest BCUT2D eigenvalue weighted by molar-refractivity contribution is 6.28. The highest BCUT2D eigenvalue weighted by Crippen LogP contribution is 2.46. The topological polar surface area (TPSA) is 27.6 Å². The molecular formula is C19H24FN3. The number of hydrogen-bond donors (Lipinski definition) is 1. The lowest BCUT2D eigenvalue weighted by atomic mass is 9.89. The van der Waals surface area contributed by atoms with Gasteiger partial charge in [0.15, 0.2) is 0 Å². The Morgan fingerprint density at radius 2 is 2.26 bits per heavy atom. The fourth-order valence-corrected chi connectivity index (χ4v) is 3.66. The van der Waals surface area contributed by atoms with Gasteiger partial charge in [0.2, 0.25) is 0 Å². The van der Waals surface area contributed by atoms with E-state index in [4.69, 9.17) is 0 Å². The number of benzene rings is 1. The first-order valence-corrected chi connectivity index (χ1v) is 8.24. The molecule has 1 aliphatic carbocycles. The van der Waals surface area contributed by atoms with Crippen LogP contribution in [-0.2, 0) is 0 Å². The van der Waals surface area contributed by atoms with E-state index in [2.05, 4.69) is 28.9 Å². The number of nitrogens with zero attached hydrogens (tertiary/aromatic N) is 2. The first-order chi connectivity index (χ1) is 11.1. The highest BCUT2D eigenvalue weighted by Gasteiger charge is 2.44. The smallest absolute Gasteiger partial charge is 0.124 e. The van der Waals surface area contributed by atoms with Crippen molar-refractivity contribution in [2.24, 2.45) is 5.10 Å². The van der Waals surface area contributed by atoms with Crippen LogP contribution in [0.3, 0.4) is 0 Å². The molecule has 1 aromatic carbocycles. The number of hydrogen-bond acceptors (Lipinski definition) is 3. The number of fused-ring (bicyclic) bond motifs is 1. The lowest BCUT2D eigenvalue weighted by molar-refractivity contribution is 0.307. The Morgan fingerprint density at radius 3 is 2.91 bits per heavy atom. The average molecular weight is 313 g/mol. The highest BCUT2D eigenvalue weighted by atomic mass is 19.1. The molecule has 1 atom stereocenters. The van der Waals surface area contributed by atoms with E-state index in [0.29, 0.717) is 6.04 Å². The molecule has 1 N–H and O–H groups in total. The summed E-state index contributed by atoms with van der Waals surface area (Å²) in [6.07, 6.45) is 3.97. The van der Waals surface area contributed by atoms with Crippen LogP contribution >= 0.6 is 0 Å². The molecule has 23 heavy (non-hydrogen) atoms. The molecule has 122 valence electrons. The summed E-state index contributed by atoms with van der Waals surface area (Å²) in [5.41, 5.74) is 9.49. The first kappa shape index (κ1) is 15.9. The van der Waals surface area contributed by atoms with Crippen LogP contribution in [0.15, 0.2) is 29.4 Å². The van der Waals surface area contributed by atoms with Crippen molar-refractivity contribution in [1.82, 2.24) is 10.3 Å². The van der Waals surface area contributed by atoms with Gasteiger partial charge >= 0.3 is 0 Å². The van der Waals surface area contributed by atoms with Crippen LogP contribution in [-0.4, -0.2) is 36.8 Å². The molecule has 4 heteroatoms. The molecule has 0 spiro atoms. The molecule has 2 aliphatic rings. The van der Waals surface area contributed by atoms with Crippen molar-refractivity contribution in [2.45, 2.75) is 32.7 Å². The van der Waals surface area contributed by atoms with Gasteiger partial charge in [-0.15, -0.1) is 0 Å². The molecule has 1 saturated carbocycles. The molecule has 3 nitrogen and oxygen atoms in total. The van der Waals surface area contributed by atoms with Crippen LogP contribution in [0.2, 0.25) is 0 Å². The van der Waals surface area contributed by atoms with E-state index in [-0.39, 0.29) is 5.82 Å². The molecule has 0 saturated heterocycles. The van der Waals surface area contributed by atoms with Crippen molar-refractivity contribution in [1.29, 1.82) is 0 Å². The second-order valence-corrected chi connectivity index (χ2v) is 6.26. The standard InChI is InChI=1S/C19H24FN3/c1-5-7-23-11-16(22-21-4)19(15-10-17(15)23)18-12(3)8-14(20)9-13(18)6-2/h6,8-9,17,21H,2,5,7,10-11H2,1,3-4H3/b22-16-. The minimum Gasteiger partial charge on any atom is -0.313 e. The zero-order valence-corrected chi connectivity index (χ0v) is 14.1. The number of aryl methyl sites for hydroxylation is 1. The maximum absolute atomic E-state index is 13.8. The summed E-state index contributed by atoms with van der Waals surface area (Å²) in [6.45, 7) is 9.96. The third-order valence-corrected chi connectivity index (χ3v) is 4.62. The van der Waals surface area contributed by atoms with Gasteiger partial charge < -0.3 is 5.43 Å². The van der Waals surface area contributed by atoms with E-state index in [0.717, 1.165) is 48.3 Å². The SMILES string of the molecule is C=Cc1cc(F)cc(C)c1C1=C2CC2N(CCC)C/C1=N/NC. The minimum atomic E-state index is -0.213. The Balaban J connectivity index is 2.14. The van der Waals surface area contributed by atoms with E-state index in [1.807, 2.05) is 14.0 Å². The predicted molar refractivity (Wildman–Crippen MR) is 94.9 cm³/mol. The molecule has 0 bridgehead atoms. The van der Waals surface area contributed by atoms with Crippen molar-refractivity contribution in [3.63, 3.8) is 0 Å². The number of nitrogens with one attached hydrogen (secondary N) is 1. The van der Waals surface area contributed by atoms with E-state index in [1.165, 1.54) is 11.1 Å². The molecule has 0 radical (unpaired) electrons. The van der Waals surface area contributed by atoms with Crippen LogP contribution in [0.4, 0.5) is 4.39 Å². The summed E-state index contributed by atoms with van der Waals surface area (Å²) >= 11 is 0. The predicted octanol–water partition coefficient (Wildman–Crippen LogP) is 3.60. The van der Waals surface area contributed by atoms with Crippen molar-refractivity contribution < 1.29 is 4.39 Å². The largest absolute Gasteiger partial charge is 0.313 e. The Bertz CT molecular complexity index is 703. The maximum Gasteiger partial charge on any atom is 0.124 e. The Labute approximate surface area is 137 Å². The summed E-state index contributed by atoms with van der Waals surface area (Å²) in [6, 6.07) is 3.70. The zero-order chi connectivity index (χ0) is 16.6. The van der Waals surface area contributed by atoms with Gasteiger partial charge in [-0.3, -0.25) is 4.90 Å². The van der Waals surface area contributed by atoms with Crippen molar-refractivity contribution >= 4 is 17.4 Å². The summed E-state index contributed by atoms with van der Waals surface area (Å²) in [5.74, 6) is -0.213. The van der Waals surface area contributed by atoms with Gasteiger partial charge in [-0.25, -0.2) is 4.39 Å². The van der Waals surface area contributed by atoms with Gasteiger partial charge in [-0.2, -0.15) is 5.10 Å². The van der Waals surface area contributed by atoms with Crippen LogP contribution in [0, 0.1) is 12.7 Å². The third-order valence-electron chi connectivity index (χ3n) is 4.62. The second-order valence-electron chi connectivity index (χ2n) is 6.26. The third kappa shape index (κ3) is 2.83. The molecule has 1 heterocycles. The van der Waals surface area contributed by atoms with Gasteiger partial charge in [0, 0.05) is 25.2 Å². The van der Waals surface area contributed by atoms with Crippen molar-refractivity contribution in [3.05, 3.63) is 46.8 Å². The van der Waals surface area contributed by atoms with E-state index >= 15 is 0 Å². The molecule has 3 rings (SSSR count). The molecular weight excluding hydrogens is 289 g/mol. The monoisotopic (exact) mass is 313 g/mol. The number of hydrazone groups is 1. The summed E-state index contributed by atoms with van der Waals surface area (Å²) in [5, 5.41) is 4.53. The Morgan fingerprint density at radius 1 is 1.48 bits per heavy atom. The van der Waals surface area contributed by atoms with Crippen molar-refractivity contribution in [2.75, 3.05) is 20.1 Å². The lowest BCUT2D eigenvalue weighted by Crippen LogP contribution is -2.37. The van der Waals surface area contributed by atoms with E-state index in [1.54, 1.807) is 18.2 Å². The molecule has 1 fully saturated rings. The average Bonchev–Trinajstić information content (AvgIpc) is 3.29.